The van der Waals surface area contributed by atoms with Gasteiger partial charge in [0.05, 0.1) is 11.7 Å². The Kier molecular flexibility index (Phi) is 5.27. The molecule has 0 spiro atoms. The van der Waals surface area contributed by atoms with Gasteiger partial charge < -0.3 is 4.90 Å². The van der Waals surface area contributed by atoms with Gasteiger partial charge in [0.1, 0.15) is 6.10 Å². The zero-order valence-electron chi connectivity index (χ0n) is 19.1. The summed E-state index contributed by atoms with van der Waals surface area (Å²) in [6.07, 6.45) is 3.14. The van der Waals surface area contributed by atoms with Crippen molar-refractivity contribution in [3.8, 4) is 0 Å². The van der Waals surface area contributed by atoms with Crippen LogP contribution in [0.2, 0.25) is 0 Å². The summed E-state index contributed by atoms with van der Waals surface area (Å²) in [5.74, 6) is 0.0382. The maximum Gasteiger partial charge on any atom is 0.224 e. The number of anilines is 1. The van der Waals surface area contributed by atoms with E-state index in [2.05, 4.69) is 70.0 Å². The van der Waals surface area contributed by atoms with Crippen LogP contribution in [-0.2, 0) is 9.63 Å². The average Bonchev–Trinajstić information content (AvgIpc) is 2.99. The third kappa shape index (κ3) is 3.57. The van der Waals surface area contributed by atoms with Crippen LogP contribution in [0.1, 0.15) is 82.7 Å². The molecule has 2 aliphatic heterocycles. The molecule has 2 heterocycles. The summed E-state index contributed by atoms with van der Waals surface area (Å²) in [4.78, 5) is 21.6. The van der Waals surface area contributed by atoms with Gasteiger partial charge in [-0.1, -0.05) is 48.0 Å². The minimum Gasteiger partial charge on any atom is -0.302 e. The van der Waals surface area contributed by atoms with Crippen LogP contribution in [0, 0.1) is 6.92 Å². The minimum atomic E-state index is -0.246. The van der Waals surface area contributed by atoms with Crippen molar-refractivity contribution in [2.24, 2.45) is 0 Å². The Labute approximate surface area is 180 Å². The van der Waals surface area contributed by atoms with Crippen molar-refractivity contribution in [1.29, 1.82) is 0 Å². The fourth-order valence-electron chi connectivity index (χ4n) is 5.35. The summed E-state index contributed by atoms with van der Waals surface area (Å²) < 4.78 is 0. The average molecular weight is 407 g/mol. The molecule has 2 atom stereocenters. The molecule has 4 rings (SSSR count). The Morgan fingerprint density at radius 2 is 1.57 bits per heavy atom. The molecule has 2 aliphatic rings. The predicted molar refractivity (Wildman–Crippen MR) is 121 cm³/mol. The molecule has 0 bridgehead atoms. The molecular formula is C26H34N2O2. The van der Waals surface area contributed by atoms with Crippen molar-refractivity contribution < 1.29 is 9.63 Å². The van der Waals surface area contributed by atoms with Gasteiger partial charge in [0.2, 0.25) is 5.91 Å². The van der Waals surface area contributed by atoms with Gasteiger partial charge in [-0.2, -0.15) is 5.06 Å². The van der Waals surface area contributed by atoms with Gasteiger partial charge in [-0.05, 0) is 65.5 Å². The van der Waals surface area contributed by atoms with Gasteiger partial charge in [0.15, 0.2) is 0 Å². The number of hydroxylamine groups is 2. The largest absolute Gasteiger partial charge is 0.302 e. The lowest BCUT2D eigenvalue weighted by atomic mass is 9.82. The van der Waals surface area contributed by atoms with E-state index in [0.29, 0.717) is 0 Å². The van der Waals surface area contributed by atoms with Crippen molar-refractivity contribution in [2.45, 2.75) is 84.0 Å². The van der Waals surface area contributed by atoms with Crippen LogP contribution in [0.5, 0.6) is 0 Å². The first-order chi connectivity index (χ1) is 14.1. The van der Waals surface area contributed by atoms with E-state index in [1.54, 1.807) is 6.92 Å². The summed E-state index contributed by atoms with van der Waals surface area (Å²) in [7, 11) is 0. The highest BCUT2D eigenvalue weighted by atomic mass is 16.7. The molecule has 4 heteroatoms. The van der Waals surface area contributed by atoms with Crippen molar-refractivity contribution in [3.05, 3.63) is 65.2 Å². The molecule has 0 saturated carbocycles. The van der Waals surface area contributed by atoms with Crippen molar-refractivity contribution in [3.63, 3.8) is 0 Å². The Morgan fingerprint density at radius 1 is 0.967 bits per heavy atom. The molecule has 1 fully saturated rings. The van der Waals surface area contributed by atoms with E-state index in [0.717, 1.165) is 29.7 Å². The molecule has 0 N–H and O–H groups in total. The topological polar surface area (TPSA) is 32.8 Å². The van der Waals surface area contributed by atoms with Crippen molar-refractivity contribution in [2.75, 3.05) is 4.90 Å². The van der Waals surface area contributed by atoms with Crippen LogP contribution in [0.15, 0.2) is 48.5 Å². The number of carbonyl (C=O) groups excluding carboxylic acids is 1. The second kappa shape index (κ2) is 7.51. The third-order valence-corrected chi connectivity index (χ3v) is 6.72. The highest BCUT2D eigenvalue weighted by molar-refractivity contribution is 5.95. The SMILES string of the molecule is CC(=O)N1c2ccccc2[C@H](ON2C(C)(C)CCCC2(C)C)[C@H]1c1ccc(C)cc1. The molecule has 0 aliphatic carbocycles. The second-order valence-corrected chi connectivity index (χ2v) is 10.1. The summed E-state index contributed by atoms with van der Waals surface area (Å²) in [5.41, 5.74) is 4.20. The number of hydrogen-bond donors (Lipinski definition) is 0. The van der Waals surface area contributed by atoms with Crippen LogP contribution in [0.4, 0.5) is 5.69 Å². The monoisotopic (exact) mass is 406 g/mol. The highest BCUT2D eigenvalue weighted by Gasteiger charge is 2.49. The van der Waals surface area contributed by atoms with Gasteiger partial charge >= 0.3 is 0 Å². The lowest BCUT2D eigenvalue weighted by Gasteiger charge is -2.52. The fourth-order valence-corrected chi connectivity index (χ4v) is 5.35. The van der Waals surface area contributed by atoms with Crippen LogP contribution in [0.3, 0.4) is 0 Å². The van der Waals surface area contributed by atoms with E-state index in [1.165, 1.54) is 12.0 Å². The molecule has 0 unspecified atom stereocenters. The molecule has 0 radical (unpaired) electrons. The van der Waals surface area contributed by atoms with Gasteiger partial charge in [-0.25, -0.2) is 0 Å². The van der Waals surface area contributed by atoms with Crippen LogP contribution in [0.25, 0.3) is 0 Å². The number of nitrogens with zero attached hydrogens (tertiary/aromatic N) is 2. The van der Waals surface area contributed by atoms with E-state index >= 15 is 0 Å². The van der Waals surface area contributed by atoms with Crippen LogP contribution in [-0.4, -0.2) is 22.0 Å². The zero-order valence-corrected chi connectivity index (χ0v) is 19.1. The number of para-hydroxylation sites is 1. The number of rotatable bonds is 3. The maximum atomic E-state index is 12.8. The van der Waals surface area contributed by atoms with Crippen LogP contribution >= 0.6 is 0 Å². The van der Waals surface area contributed by atoms with Gasteiger partial charge in [-0.15, -0.1) is 0 Å². The predicted octanol–water partition coefficient (Wildman–Crippen LogP) is 6.12. The Hall–Kier alpha value is -2.17. The number of amides is 1. The quantitative estimate of drug-likeness (QED) is 0.616. The van der Waals surface area contributed by atoms with E-state index in [4.69, 9.17) is 4.84 Å². The Bertz CT molecular complexity index is 916. The van der Waals surface area contributed by atoms with Gasteiger partial charge in [-0.3, -0.25) is 9.63 Å². The Morgan fingerprint density at radius 3 is 2.17 bits per heavy atom. The third-order valence-electron chi connectivity index (χ3n) is 6.72. The smallest absolute Gasteiger partial charge is 0.224 e. The lowest BCUT2D eigenvalue weighted by molar-refractivity contribution is -0.309. The molecule has 2 aromatic rings. The fraction of sp³-hybridized carbons (Fsp3) is 0.500. The lowest BCUT2D eigenvalue weighted by Crippen LogP contribution is -2.58. The molecule has 30 heavy (non-hydrogen) atoms. The van der Waals surface area contributed by atoms with Crippen molar-refractivity contribution >= 4 is 11.6 Å². The molecule has 2 aromatic carbocycles. The van der Waals surface area contributed by atoms with Crippen LogP contribution < -0.4 is 4.90 Å². The number of carbonyl (C=O) groups is 1. The molecule has 160 valence electrons. The maximum absolute atomic E-state index is 12.8. The summed E-state index contributed by atoms with van der Waals surface area (Å²) >= 11 is 0. The molecule has 0 aromatic heterocycles. The number of fused-ring (bicyclic) bond motifs is 1. The highest BCUT2D eigenvalue weighted by Crippen LogP contribution is 2.52. The molecule has 4 nitrogen and oxygen atoms in total. The molecule has 1 saturated heterocycles. The van der Waals surface area contributed by atoms with E-state index in [1.807, 2.05) is 23.1 Å². The minimum absolute atomic E-state index is 0.0382. The van der Waals surface area contributed by atoms with E-state index < -0.39 is 0 Å². The van der Waals surface area contributed by atoms with Gasteiger partial charge in [0, 0.05) is 23.6 Å². The molecular weight excluding hydrogens is 372 g/mol. The normalized spacial score (nSPS) is 25.2. The number of aryl methyl sites for hydroxylation is 1. The summed E-state index contributed by atoms with van der Waals surface area (Å²) in [5, 5.41) is 2.22. The van der Waals surface area contributed by atoms with E-state index in [9.17, 15) is 4.79 Å². The number of piperidine rings is 1. The first kappa shape index (κ1) is 21.1. The molecule has 1 amide bonds. The standard InChI is InChI=1S/C26H34N2O2/c1-18-12-14-20(15-13-18)23-24(21-10-7-8-11-22(21)27(23)19(2)29)30-28-25(3,4)16-9-17-26(28,5)6/h7-8,10-15,23-24H,9,16-17H2,1-6H3/t23-,24+/m1/s1. The number of benzene rings is 2. The summed E-state index contributed by atoms with van der Waals surface area (Å²) in [6.45, 7) is 12.8. The summed E-state index contributed by atoms with van der Waals surface area (Å²) in [6, 6.07) is 16.5. The van der Waals surface area contributed by atoms with Gasteiger partial charge in [0.25, 0.3) is 0 Å². The second-order valence-electron chi connectivity index (χ2n) is 10.1. The number of hydrogen-bond acceptors (Lipinski definition) is 3. The zero-order chi connectivity index (χ0) is 21.7. The van der Waals surface area contributed by atoms with E-state index in [-0.39, 0.29) is 29.1 Å². The first-order valence-electron chi connectivity index (χ1n) is 11.0. The Balaban J connectivity index is 1.82. The van der Waals surface area contributed by atoms with Crippen molar-refractivity contribution in [1.82, 2.24) is 5.06 Å². The first-order valence-corrected chi connectivity index (χ1v) is 11.0.